The van der Waals surface area contributed by atoms with Gasteiger partial charge in [-0.15, -0.1) is 0 Å². The zero-order valence-corrected chi connectivity index (χ0v) is 12.5. The van der Waals surface area contributed by atoms with Crippen LogP contribution < -0.4 is 5.73 Å². The van der Waals surface area contributed by atoms with E-state index in [1.165, 1.54) is 0 Å². The van der Waals surface area contributed by atoms with Gasteiger partial charge in [-0.2, -0.15) is 0 Å². The largest absolute Gasteiger partial charge is 0.516 e. The first-order chi connectivity index (χ1) is 11.1. The van der Waals surface area contributed by atoms with E-state index in [2.05, 4.69) is 0 Å². The first kappa shape index (κ1) is 15.1. The second-order valence-corrected chi connectivity index (χ2v) is 5.62. The van der Waals surface area contributed by atoms with Crippen molar-refractivity contribution in [3.8, 4) is 0 Å². The highest BCUT2D eigenvalue weighted by molar-refractivity contribution is 5.92. The van der Waals surface area contributed by atoms with Gasteiger partial charge in [-0.1, -0.05) is 42.5 Å². The summed E-state index contributed by atoms with van der Waals surface area (Å²) in [5.41, 5.74) is 7.18. The van der Waals surface area contributed by atoms with Gasteiger partial charge in [0, 0.05) is 5.69 Å². The molecule has 1 saturated carbocycles. The Hall–Kier alpha value is -2.82. The van der Waals surface area contributed by atoms with Gasteiger partial charge < -0.3 is 15.2 Å². The minimum Gasteiger partial charge on any atom is -0.429 e. The predicted molar refractivity (Wildman–Crippen MR) is 84.5 cm³/mol. The molecule has 0 atom stereocenters. The Balaban J connectivity index is 1.58. The van der Waals surface area contributed by atoms with Crippen LogP contribution in [0.25, 0.3) is 0 Å². The van der Waals surface area contributed by atoms with Gasteiger partial charge in [0.2, 0.25) is 0 Å². The molecule has 0 amide bonds. The number of nitrogens with two attached hydrogens (primary N) is 1. The van der Waals surface area contributed by atoms with Crippen LogP contribution >= 0.6 is 0 Å². The molecule has 0 bridgehead atoms. The summed E-state index contributed by atoms with van der Waals surface area (Å²) in [6.07, 6.45) is 0.337. The van der Waals surface area contributed by atoms with Crippen LogP contribution in [0.2, 0.25) is 0 Å². The molecule has 3 rings (SSSR count). The van der Waals surface area contributed by atoms with Crippen LogP contribution in [-0.4, -0.2) is 12.1 Å². The summed E-state index contributed by atoms with van der Waals surface area (Å²) in [6.45, 7) is 0.0713. The molecule has 1 aliphatic rings. The van der Waals surface area contributed by atoms with E-state index in [0.717, 1.165) is 11.1 Å². The number of carbonyl (C=O) groups is 2. The topological polar surface area (TPSA) is 78.6 Å². The Morgan fingerprint density at radius 1 is 1.00 bits per heavy atom. The second-order valence-electron chi connectivity index (χ2n) is 5.62. The lowest BCUT2D eigenvalue weighted by molar-refractivity contribution is -0.143. The third-order valence-electron chi connectivity index (χ3n) is 3.98. The third kappa shape index (κ3) is 3.34. The van der Waals surface area contributed by atoms with E-state index in [1.807, 2.05) is 30.3 Å². The van der Waals surface area contributed by atoms with Gasteiger partial charge in [0.15, 0.2) is 0 Å². The number of carbonyl (C=O) groups excluding carboxylic acids is 2. The molecule has 0 heterocycles. The van der Waals surface area contributed by atoms with Crippen molar-refractivity contribution < 1.29 is 19.1 Å². The molecule has 1 fully saturated rings. The van der Waals surface area contributed by atoms with Gasteiger partial charge in [-0.3, -0.25) is 4.79 Å². The molecule has 0 radical (unpaired) electrons. The van der Waals surface area contributed by atoms with Crippen molar-refractivity contribution in [1.82, 2.24) is 0 Å². The number of hydrogen-bond acceptors (Lipinski definition) is 5. The van der Waals surface area contributed by atoms with E-state index in [-0.39, 0.29) is 6.61 Å². The highest BCUT2D eigenvalue weighted by Gasteiger charge is 2.53. The van der Waals surface area contributed by atoms with Crippen LogP contribution in [0, 0.1) is 0 Å². The van der Waals surface area contributed by atoms with Crippen molar-refractivity contribution in [3.63, 3.8) is 0 Å². The Morgan fingerprint density at radius 3 is 2.26 bits per heavy atom. The fourth-order valence-corrected chi connectivity index (χ4v) is 2.46. The molecular weight excluding hydrogens is 294 g/mol. The number of hydrogen-bond donors (Lipinski definition) is 1. The number of anilines is 1. The summed E-state index contributed by atoms with van der Waals surface area (Å²) in [5, 5.41) is 0. The van der Waals surface area contributed by atoms with Crippen molar-refractivity contribution in [1.29, 1.82) is 0 Å². The van der Waals surface area contributed by atoms with Gasteiger partial charge in [0.05, 0.1) is 5.41 Å². The van der Waals surface area contributed by atoms with Crippen LogP contribution in [0.5, 0.6) is 0 Å². The number of benzene rings is 2. The molecule has 23 heavy (non-hydrogen) atoms. The fourth-order valence-electron chi connectivity index (χ4n) is 2.46. The monoisotopic (exact) mass is 311 g/mol. The molecule has 118 valence electrons. The van der Waals surface area contributed by atoms with E-state index in [4.69, 9.17) is 15.2 Å². The summed E-state index contributed by atoms with van der Waals surface area (Å²) in [5.74, 6) is -0.569. The molecule has 5 nitrogen and oxygen atoms in total. The molecule has 1 aliphatic carbocycles. The third-order valence-corrected chi connectivity index (χ3v) is 3.98. The number of rotatable bonds is 4. The van der Waals surface area contributed by atoms with E-state index in [0.29, 0.717) is 18.5 Å². The van der Waals surface area contributed by atoms with Crippen molar-refractivity contribution in [2.75, 3.05) is 5.73 Å². The lowest BCUT2D eigenvalue weighted by Gasteiger charge is -2.14. The van der Waals surface area contributed by atoms with Crippen molar-refractivity contribution in [2.45, 2.75) is 24.9 Å². The molecule has 5 heteroatoms. The van der Waals surface area contributed by atoms with Gasteiger partial charge in [0.1, 0.15) is 6.61 Å². The molecule has 0 aliphatic heterocycles. The van der Waals surface area contributed by atoms with E-state index in [1.54, 1.807) is 24.3 Å². The van der Waals surface area contributed by atoms with Gasteiger partial charge >= 0.3 is 12.1 Å². The minimum absolute atomic E-state index is 0.0713. The van der Waals surface area contributed by atoms with E-state index in [9.17, 15) is 9.59 Å². The first-order valence-corrected chi connectivity index (χ1v) is 7.39. The zero-order chi connectivity index (χ0) is 16.3. The van der Waals surface area contributed by atoms with Gasteiger partial charge in [-0.05, 0) is 36.1 Å². The van der Waals surface area contributed by atoms with Crippen LogP contribution in [0.4, 0.5) is 10.5 Å². The van der Waals surface area contributed by atoms with Gasteiger partial charge in [0.25, 0.3) is 0 Å². The van der Waals surface area contributed by atoms with Crippen LogP contribution in [0.15, 0.2) is 54.6 Å². The summed E-state index contributed by atoms with van der Waals surface area (Å²) in [4.78, 5) is 24.0. The summed E-state index contributed by atoms with van der Waals surface area (Å²) in [7, 11) is 0. The predicted octanol–water partition coefficient (Wildman–Crippen LogP) is 3.18. The lowest BCUT2D eigenvalue weighted by Crippen LogP contribution is -2.26. The average molecular weight is 311 g/mol. The second kappa shape index (κ2) is 6.12. The molecule has 0 unspecified atom stereocenters. The molecular formula is C18H17NO4. The SMILES string of the molecule is Nc1ccc(C2(C(=O)OC(=O)OCc3ccccc3)CC2)cc1. The molecule has 0 aromatic heterocycles. The Bertz CT molecular complexity index is 706. The Morgan fingerprint density at radius 2 is 1.65 bits per heavy atom. The van der Waals surface area contributed by atoms with E-state index < -0.39 is 17.5 Å². The van der Waals surface area contributed by atoms with Crippen LogP contribution in [0.3, 0.4) is 0 Å². The Kier molecular flexibility index (Phi) is 4.02. The molecule has 0 saturated heterocycles. The number of nitrogen functional groups attached to an aromatic ring is 1. The number of ether oxygens (including phenoxy) is 2. The lowest BCUT2D eigenvalue weighted by atomic mass is 9.96. The molecule has 2 aromatic carbocycles. The maximum atomic E-state index is 12.3. The highest BCUT2D eigenvalue weighted by Crippen LogP contribution is 2.49. The quantitative estimate of drug-likeness (QED) is 0.533. The fraction of sp³-hybridized carbons (Fsp3) is 0.222. The van der Waals surface area contributed by atoms with Crippen molar-refractivity contribution >= 4 is 17.8 Å². The normalized spacial score (nSPS) is 14.8. The smallest absolute Gasteiger partial charge is 0.429 e. The van der Waals surface area contributed by atoms with Crippen LogP contribution in [0.1, 0.15) is 24.0 Å². The summed E-state index contributed by atoms with van der Waals surface area (Å²) in [6, 6.07) is 16.3. The Labute approximate surface area is 134 Å². The molecule has 2 aromatic rings. The molecule has 2 N–H and O–H groups in total. The van der Waals surface area contributed by atoms with E-state index >= 15 is 0 Å². The average Bonchev–Trinajstić information content (AvgIpc) is 3.36. The molecule has 0 spiro atoms. The first-order valence-electron chi connectivity index (χ1n) is 7.39. The van der Waals surface area contributed by atoms with Gasteiger partial charge in [-0.25, -0.2) is 4.79 Å². The van der Waals surface area contributed by atoms with Crippen LogP contribution in [-0.2, 0) is 26.3 Å². The highest BCUT2D eigenvalue weighted by atomic mass is 16.7. The maximum absolute atomic E-state index is 12.3. The van der Waals surface area contributed by atoms with Crippen molar-refractivity contribution in [3.05, 3.63) is 65.7 Å². The van der Waals surface area contributed by atoms with Crippen molar-refractivity contribution in [2.24, 2.45) is 0 Å². The number of esters is 1. The summed E-state index contributed by atoms with van der Waals surface area (Å²) >= 11 is 0. The minimum atomic E-state index is -0.972. The summed E-state index contributed by atoms with van der Waals surface area (Å²) < 4.78 is 9.83. The maximum Gasteiger partial charge on any atom is 0.516 e. The standard InChI is InChI=1S/C18H17NO4/c19-15-8-6-14(7-9-15)18(10-11-18)16(20)23-17(21)22-12-13-4-2-1-3-5-13/h1-9H,10-12,19H2. The zero-order valence-electron chi connectivity index (χ0n) is 12.5.